The topological polar surface area (TPSA) is 53.0 Å². The van der Waals surface area contributed by atoms with Crippen LogP contribution in [0, 0.1) is 10.8 Å². The first-order valence-corrected chi connectivity index (χ1v) is 10.2. The van der Waals surface area contributed by atoms with Crippen molar-refractivity contribution in [2.24, 2.45) is 10.8 Å². The van der Waals surface area contributed by atoms with E-state index in [1.807, 2.05) is 6.92 Å². The SMILES string of the molecule is CC1=C(C(=O)O)C(C(C)(C)C)N(CCCC(C)(C)C)C(N2CCOCC2)=C1. The van der Waals surface area contributed by atoms with Crippen molar-refractivity contribution < 1.29 is 14.6 Å². The first-order valence-electron chi connectivity index (χ1n) is 10.2. The van der Waals surface area contributed by atoms with Gasteiger partial charge in [0, 0.05) is 19.6 Å². The number of ether oxygens (including phenoxy) is 1. The predicted octanol–water partition coefficient (Wildman–Crippen LogP) is 4.12. The standard InChI is InChI=1S/C22H38N2O3/c1-16-15-17(23-11-13-27-14-12-23)24(10-8-9-21(2,3)4)19(22(5,6)7)18(16)20(25)26/h15,19H,8-14H2,1-7H3,(H,25,26). The number of carboxylic acids is 1. The van der Waals surface area contributed by atoms with Crippen LogP contribution in [-0.2, 0) is 9.53 Å². The van der Waals surface area contributed by atoms with Gasteiger partial charge in [0.1, 0.15) is 5.82 Å². The van der Waals surface area contributed by atoms with Gasteiger partial charge in [0.2, 0.25) is 0 Å². The van der Waals surface area contributed by atoms with Gasteiger partial charge in [0.05, 0.1) is 24.8 Å². The molecular formula is C22H38N2O3. The number of allylic oxidation sites excluding steroid dienone is 2. The van der Waals surface area contributed by atoms with E-state index in [-0.39, 0.29) is 16.9 Å². The highest BCUT2D eigenvalue weighted by atomic mass is 16.5. The minimum absolute atomic E-state index is 0.141. The monoisotopic (exact) mass is 378 g/mol. The molecule has 0 bridgehead atoms. The summed E-state index contributed by atoms with van der Waals surface area (Å²) in [6, 6.07) is -0.141. The fraction of sp³-hybridized carbons (Fsp3) is 0.773. The van der Waals surface area contributed by atoms with Crippen LogP contribution in [0.4, 0.5) is 0 Å². The molecule has 2 rings (SSSR count). The van der Waals surface area contributed by atoms with Gasteiger partial charge >= 0.3 is 5.97 Å². The molecular weight excluding hydrogens is 340 g/mol. The second-order valence-electron chi connectivity index (χ2n) is 10.1. The Hall–Kier alpha value is -1.49. The number of carboxylic acid groups (broad SMARTS) is 1. The van der Waals surface area contributed by atoms with Crippen LogP contribution in [0.1, 0.15) is 61.3 Å². The van der Waals surface area contributed by atoms with Crippen molar-refractivity contribution in [3.8, 4) is 0 Å². The van der Waals surface area contributed by atoms with E-state index in [1.54, 1.807) is 0 Å². The maximum absolute atomic E-state index is 12.1. The number of hydrogen-bond acceptors (Lipinski definition) is 4. The van der Waals surface area contributed by atoms with Gasteiger partial charge in [-0.3, -0.25) is 0 Å². The molecule has 2 aliphatic heterocycles. The molecule has 0 radical (unpaired) electrons. The number of hydrogen-bond donors (Lipinski definition) is 1. The maximum Gasteiger partial charge on any atom is 0.333 e. The average Bonchev–Trinajstić information content (AvgIpc) is 2.53. The Morgan fingerprint density at radius 3 is 2.26 bits per heavy atom. The van der Waals surface area contributed by atoms with Gasteiger partial charge in [-0.15, -0.1) is 0 Å². The van der Waals surface area contributed by atoms with Crippen molar-refractivity contribution in [2.45, 2.75) is 67.3 Å². The molecule has 0 saturated carbocycles. The van der Waals surface area contributed by atoms with Gasteiger partial charge in [-0.05, 0) is 42.2 Å². The van der Waals surface area contributed by atoms with Gasteiger partial charge in [-0.2, -0.15) is 0 Å². The van der Waals surface area contributed by atoms with Crippen molar-refractivity contribution in [2.75, 3.05) is 32.8 Å². The van der Waals surface area contributed by atoms with Gasteiger partial charge < -0.3 is 19.6 Å². The summed E-state index contributed by atoms with van der Waals surface area (Å²) in [5.74, 6) is 0.361. The van der Waals surface area contributed by atoms with Gasteiger partial charge in [-0.1, -0.05) is 41.5 Å². The van der Waals surface area contributed by atoms with Crippen molar-refractivity contribution in [1.29, 1.82) is 0 Å². The lowest BCUT2D eigenvalue weighted by molar-refractivity contribution is -0.134. The van der Waals surface area contributed by atoms with E-state index in [4.69, 9.17) is 4.74 Å². The normalized spacial score (nSPS) is 22.2. The summed E-state index contributed by atoms with van der Waals surface area (Å²) >= 11 is 0. The Morgan fingerprint density at radius 1 is 1.19 bits per heavy atom. The second kappa shape index (κ2) is 8.26. The molecule has 2 aliphatic rings. The summed E-state index contributed by atoms with van der Waals surface area (Å²) in [7, 11) is 0. The van der Waals surface area contributed by atoms with E-state index < -0.39 is 5.97 Å². The number of aliphatic carboxylic acids is 1. The van der Waals surface area contributed by atoms with Crippen LogP contribution in [0.3, 0.4) is 0 Å². The van der Waals surface area contributed by atoms with Crippen LogP contribution < -0.4 is 0 Å². The fourth-order valence-corrected chi connectivity index (χ4v) is 4.13. The van der Waals surface area contributed by atoms with Crippen LogP contribution in [-0.4, -0.2) is 59.8 Å². The van der Waals surface area contributed by atoms with Crippen LogP contribution in [0.15, 0.2) is 23.0 Å². The maximum atomic E-state index is 12.1. The molecule has 1 atom stereocenters. The highest BCUT2D eigenvalue weighted by Gasteiger charge is 2.41. The number of rotatable bonds is 5. The predicted molar refractivity (Wildman–Crippen MR) is 109 cm³/mol. The van der Waals surface area contributed by atoms with Crippen molar-refractivity contribution >= 4 is 5.97 Å². The first-order chi connectivity index (χ1) is 12.4. The van der Waals surface area contributed by atoms with E-state index >= 15 is 0 Å². The minimum Gasteiger partial charge on any atom is -0.478 e. The zero-order valence-electron chi connectivity index (χ0n) is 18.3. The molecule has 0 aromatic heterocycles. The lowest BCUT2D eigenvalue weighted by Gasteiger charge is -2.49. The van der Waals surface area contributed by atoms with E-state index in [0.717, 1.165) is 57.1 Å². The van der Waals surface area contributed by atoms with Crippen molar-refractivity contribution in [3.63, 3.8) is 0 Å². The van der Waals surface area contributed by atoms with E-state index in [1.165, 1.54) is 0 Å². The molecule has 0 spiro atoms. The molecule has 1 fully saturated rings. The van der Waals surface area contributed by atoms with Gasteiger partial charge in [0.25, 0.3) is 0 Å². The zero-order chi connectivity index (χ0) is 20.4. The van der Waals surface area contributed by atoms with Gasteiger partial charge in [-0.25, -0.2) is 4.79 Å². The Morgan fingerprint density at radius 2 is 1.78 bits per heavy atom. The summed E-state index contributed by atoms with van der Waals surface area (Å²) in [5.41, 5.74) is 1.51. The highest BCUT2D eigenvalue weighted by Crippen LogP contribution is 2.39. The zero-order valence-corrected chi connectivity index (χ0v) is 18.3. The Labute approximate surface area is 165 Å². The van der Waals surface area contributed by atoms with Crippen molar-refractivity contribution in [1.82, 2.24) is 9.80 Å². The Kier molecular flexibility index (Phi) is 6.67. The third kappa shape index (κ3) is 5.50. The largest absolute Gasteiger partial charge is 0.478 e. The molecule has 5 nitrogen and oxygen atoms in total. The smallest absolute Gasteiger partial charge is 0.333 e. The molecule has 27 heavy (non-hydrogen) atoms. The van der Waals surface area contributed by atoms with E-state index in [0.29, 0.717) is 5.57 Å². The number of carbonyl (C=O) groups is 1. The van der Waals surface area contributed by atoms with Crippen LogP contribution >= 0.6 is 0 Å². The first kappa shape index (κ1) is 21.8. The summed E-state index contributed by atoms with van der Waals surface area (Å²) in [4.78, 5) is 16.9. The fourth-order valence-electron chi connectivity index (χ4n) is 4.13. The number of morpholine rings is 1. The second-order valence-corrected chi connectivity index (χ2v) is 10.1. The molecule has 0 aromatic rings. The summed E-state index contributed by atoms with van der Waals surface area (Å²) in [6.07, 6.45) is 4.24. The van der Waals surface area contributed by atoms with Crippen LogP contribution in [0.25, 0.3) is 0 Å². The molecule has 1 saturated heterocycles. The van der Waals surface area contributed by atoms with Crippen LogP contribution in [0.2, 0.25) is 0 Å². The molecule has 1 unspecified atom stereocenters. The minimum atomic E-state index is -0.800. The third-order valence-electron chi connectivity index (χ3n) is 5.36. The molecule has 0 aromatic carbocycles. The molecule has 2 heterocycles. The molecule has 154 valence electrons. The Balaban J connectivity index is 2.42. The molecule has 1 N–H and O–H groups in total. The Bertz CT molecular complexity index is 602. The van der Waals surface area contributed by atoms with E-state index in [9.17, 15) is 9.90 Å². The van der Waals surface area contributed by atoms with Gasteiger partial charge in [0.15, 0.2) is 0 Å². The molecule has 0 aliphatic carbocycles. The molecule has 5 heteroatoms. The highest BCUT2D eigenvalue weighted by molar-refractivity contribution is 5.90. The average molecular weight is 379 g/mol. The van der Waals surface area contributed by atoms with E-state index in [2.05, 4.69) is 57.4 Å². The lowest BCUT2D eigenvalue weighted by Crippen LogP contribution is -2.53. The van der Waals surface area contributed by atoms with Crippen LogP contribution in [0.5, 0.6) is 0 Å². The van der Waals surface area contributed by atoms with Crippen molar-refractivity contribution in [3.05, 3.63) is 23.0 Å². The quantitative estimate of drug-likeness (QED) is 0.780. The summed E-state index contributed by atoms with van der Waals surface area (Å²) in [6.45, 7) is 19.2. The summed E-state index contributed by atoms with van der Waals surface area (Å²) < 4.78 is 5.54. The lowest BCUT2D eigenvalue weighted by atomic mass is 9.77. The third-order valence-corrected chi connectivity index (χ3v) is 5.36. The summed E-state index contributed by atoms with van der Waals surface area (Å²) in [5, 5.41) is 9.96. The molecule has 0 amide bonds. The number of nitrogens with zero attached hydrogens (tertiary/aromatic N) is 2.